The van der Waals surface area contributed by atoms with E-state index in [-0.39, 0.29) is 17.2 Å². The summed E-state index contributed by atoms with van der Waals surface area (Å²) >= 11 is 0. The minimum Gasteiger partial charge on any atom is -0.496 e. The van der Waals surface area contributed by atoms with Crippen LogP contribution in [-0.2, 0) is 4.79 Å². The van der Waals surface area contributed by atoms with Crippen molar-refractivity contribution in [2.45, 2.75) is 20.3 Å². The van der Waals surface area contributed by atoms with Crippen LogP contribution in [0.15, 0.2) is 23.9 Å². The monoisotopic (exact) mass is 350 g/mol. The van der Waals surface area contributed by atoms with Crippen molar-refractivity contribution in [3.8, 4) is 5.75 Å². The van der Waals surface area contributed by atoms with E-state index in [1.807, 2.05) is 13.8 Å². The molecule has 2 aliphatic rings. The van der Waals surface area contributed by atoms with Crippen molar-refractivity contribution in [1.82, 2.24) is 4.90 Å². The van der Waals surface area contributed by atoms with Gasteiger partial charge in [-0.1, -0.05) is 13.8 Å². The number of ether oxygens (including phenoxy) is 1. The number of hydrogen-bond acceptors (Lipinski definition) is 4. The van der Waals surface area contributed by atoms with Crippen LogP contribution in [0, 0.1) is 22.5 Å². The lowest BCUT2D eigenvalue weighted by molar-refractivity contribution is -0.127. The summed E-state index contributed by atoms with van der Waals surface area (Å²) < 4.78 is 32.6. The smallest absolute Gasteiger partial charge is 0.260 e. The molecule has 1 heterocycles. The first-order valence-electron chi connectivity index (χ1n) is 7.95. The van der Waals surface area contributed by atoms with E-state index >= 15 is 0 Å². The quantitative estimate of drug-likeness (QED) is 0.888. The minimum atomic E-state index is -1.22. The summed E-state index contributed by atoms with van der Waals surface area (Å²) in [6.07, 6.45) is 2.25. The lowest BCUT2D eigenvalue weighted by atomic mass is 9.62. The molecule has 0 bridgehead atoms. The minimum absolute atomic E-state index is 0.0148. The number of Topliss-reactive ketones (excluding diaryl/α,β-unsaturated/α-hetero) is 1. The van der Waals surface area contributed by atoms with Gasteiger partial charge in [0.05, 0.1) is 12.8 Å². The van der Waals surface area contributed by atoms with Crippen LogP contribution in [0.1, 0.15) is 30.6 Å². The van der Waals surface area contributed by atoms with E-state index in [0.29, 0.717) is 19.5 Å². The molecule has 2 N–H and O–H groups in total. The summed E-state index contributed by atoms with van der Waals surface area (Å²) in [4.78, 5) is 26.1. The molecule has 0 atom stereocenters. The van der Waals surface area contributed by atoms with Crippen LogP contribution in [0.2, 0.25) is 0 Å². The largest absolute Gasteiger partial charge is 0.496 e. The fourth-order valence-electron chi connectivity index (χ4n) is 3.92. The number of likely N-dealkylation sites (tertiary alicyclic amines) is 1. The van der Waals surface area contributed by atoms with Crippen molar-refractivity contribution in [2.24, 2.45) is 16.6 Å². The summed E-state index contributed by atoms with van der Waals surface area (Å²) in [6.45, 7) is 4.22. The van der Waals surface area contributed by atoms with Crippen LogP contribution < -0.4 is 10.5 Å². The van der Waals surface area contributed by atoms with Gasteiger partial charge < -0.3 is 15.4 Å². The molecule has 25 heavy (non-hydrogen) atoms. The van der Waals surface area contributed by atoms with Crippen molar-refractivity contribution in [3.05, 3.63) is 41.1 Å². The molecule has 0 saturated carbocycles. The maximum Gasteiger partial charge on any atom is 0.260 e. The Morgan fingerprint density at radius 3 is 2.48 bits per heavy atom. The lowest BCUT2D eigenvalue weighted by Gasteiger charge is -2.53. The summed E-state index contributed by atoms with van der Waals surface area (Å²) in [5, 5.41) is 0. The summed E-state index contributed by atoms with van der Waals surface area (Å²) in [7, 11) is 1.29. The fraction of sp³-hybridized carbons (Fsp3) is 0.444. The Bertz CT molecular complexity index is 796. The van der Waals surface area contributed by atoms with E-state index in [9.17, 15) is 18.4 Å². The number of nitrogens with two attached hydrogens (primary N) is 1. The summed E-state index contributed by atoms with van der Waals surface area (Å²) in [5.74, 6) is -3.09. The second-order valence-electron chi connectivity index (χ2n) is 7.45. The van der Waals surface area contributed by atoms with Crippen molar-refractivity contribution in [3.63, 3.8) is 0 Å². The average Bonchev–Trinajstić information content (AvgIpc) is 2.51. The molecule has 1 aromatic carbocycles. The molecule has 7 heteroatoms. The highest BCUT2D eigenvalue weighted by Crippen LogP contribution is 2.47. The van der Waals surface area contributed by atoms with Crippen LogP contribution in [-0.4, -0.2) is 36.8 Å². The molecule has 1 aliphatic heterocycles. The van der Waals surface area contributed by atoms with E-state index in [1.165, 1.54) is 18.1 Å². The second-order valence-corrected chi connectivity index (χ2v) is 7.45. The van der Waals surface area contributed by atoms with Gasteiger partial charge in [-0.15, -0.1) is 0 Å². The summed E-state index contributed by atoms with van der Waals surface area (Å²) in [6, 6.07) is 2.14. The number of allylic oxidation sites excluding steroid dienone is 1. The molecule has 1 saturated heterocycles. The van der Waals surface area contributed by atoms with Gasteiger partial charge in [0, 0.05) is 23.9 Å². The molecule has 0 aromatic heterocycles. The molecule has 0 radical (unpaired) electrons. The van der Waals surface area contributed by atoms with Crippen LogP contribution in [0.25, 0.3) is 0 Å². The SMILES string of the molecule is COc1ccc(F)c(F)c1C(=O)N1CC2(C=C(N)C(=O)C(C)(C)C2)C1. The Hall–Kier alpha value is -2.44. The van der Waals surface area contributed by atoms with Gasteiger partial charge in [0.1, 0.15) is 11.3 Å². The van der Waals surface area contributed by atoms with Crippen molar-refractivity contribution >= 4 is 11.7 Å². The molecular weight excluding hydrogens is 330 g/mol. The number of amides is 1. The van der Waals surface area contributed by atoms with Crippen molar-refractivity contribution in [2.75, 3.05) is 20.2 Å². The van der Waals surface area contributed by atoms with Gasteiger partial charge in [0.15, 0.2) is 17.4 Å². The van der Waals surface area contributed by atoms with E-state index in [2.05, 4.69) is 0 Å². The van der Waals surface area contributed by atoms with Gasteiger partial charge in [0.2, 0.25) is 0 Å². The van der Waals surface area contributed by atoms with Gasteiger partial charge in [-0.3, -0.25) is 9.59 Å². The number of ketones is 1. The maximum atomic E-state index is 14.1. The standard InChI is InChI=1S/C18H20F2N2O3/c1-17(2)7-18(6-11(21)15(17)23)8-22(9-18)16(24)13-12(25-3)5-4-10(19)14(13)20/h4-6H,7-9,21H2,1-3H3. The predicted octanol–water partition coefficient (Wildman–Crippen LogP) is 2.26. The Kier molecular flexibility index (Phi) is 3.85. The van der Waals surface area contributed by atoms with Gasteiger partial charge >= 0.3 is 0 Å². The zero-order chi connectivity index (χ0) is 18.6. The zero-order valence-corrected chi connectivity index (χ0v) is 14.4. The maximum absolute atomic E-state index is 14.1. The highest BCUT2D eigenvalue weighted by atomic mass is 19.2. The number of halogens is 2. The van der Waals surface area contributed by atoms with Crippen LogP contribution in [0.4, 0.5) is 8.78 Å². The third kappa shape index (κ3) is 2.67. The highest BCUT2D eigenvalue weighted by molar-refractivity contribution is 6.00. The van der Waals surface area contributed by atoms with Gasteiger partial charge in [-0.25, -0.2) is 8.78 Å². The normalized spacial score (nSPS) is 20.9. The molecule has 1 amide bonds. The second kappa shape index (κ2) is 5.54. The highest BCUT2D eigenvalue weighted by Gasteiger charge is 2.52. The number of methoxy groups -OCH3 is 1. The first-order valence-corrected chi connectivity index (χ1v) is 7.95. The number of benzene rings is 1. The number of carbonyl (C=O) groups excluding carboxylic acids is 2. The van der Waals surface area contributed by atoms with Crippen LogP contribution >= 0.6 is 0 Å². The molecule has 134 valence electrons. The molecule has 3 rings (SSSR count). The van der Waals surface area contributed by atoms with Crippen molar-refractivity contribution in [1.29, 1.82) is 0 Å². The van der Waals surface area contributed by atoms with E-state index < -0.39 is 33.9 Å². The van der Waals surface area contributed by atoms with E-state index in [1.54, 1.807) is 6.08 Å². The average molecular weight is 350 g/mol. The first-order chi connectivity index (χ1) is 11.6. The third-order valence-corrected chi connectivity index (χ3v) is 4.92. The fourth-order valence-corrected chi connectivity index (χ4v) is 3.92. The topological polar surface area (TPSA) is 72.6 Å². The molecular formula is C18H20F2N2O3. The molecule has 1 aliphatic carbocycles. The predicted molar refractivity (Wildman–Crippen MR) is 86.9 cm³/mol. The van der Waals surface area contributed by atoms with Crippen molar-refractivity contribution < 1.29 is 23.1 Å². The molecule has 0 unspecified atom stereocenters. The molecule has 1 aromatic rings. The number of hydrogen-bond donors (Lipinski definition) is 1. The molecule has 1 spiro atoms. The Labute approximate surface area is 144 Å². The molecule has 5 nitrogen and oxygen atoms in total. The molecule has 1 fully saturated rings. The van der Waals surface area contributed by atoms with Gasteiger partial charge in [0.25, 0.3) is 5.91 Å². The number of carbonyl (C=O) groups is 2. The van der Waals surface area contributed by atoms with Crippen LogP contribution in [0.5, 0.6) is 5.75 Å². The Morgan fingerprint density at radius 2 is 1.92 bits per heavy atom. The summed E-state index contributed by atoms with van der Waals surface area (Å²) in [5.41, 5.74) is 4.59. The Morgan fingerprint density at radius 1 is 1.28 bits per heavy atom. The zero-order valence-electron chi connectivity index (χ0n) is 14.4. The lowest BCUT2D eigenvalue weighted by Crippen LogP contribution is -2.61. The number of rotatable bonds is 2. The number of nitrogens with zero attached hydrogens (tertiary/aromatic N) is 1. The van der Waals surface area contributed by atoms with E-state index in [4.69, 9.17) is 10.5 Å². The first kappa shape index (κ1) is 17.4. The Balaban J connectivity index is 1.86. The third-order valence-electron chi connectivity index (χ3n) is 4.92. The van der Waals surface area contributed by atoms with E-state index in [0.717, 1.165) is 6.07 Å². The van der Waals surface area contributed by atoms with Crippen LogP contribution in [0.3, 0.4) is 0 Å². The van der Waals surface area contributed by atoms with Gasteiger partial charge in [-0.2, -0.15) is 0 Å². The van der Waals surface area contributed by atoms with Gasteiger partial charge in [-0.05, 0) is 24.6 Å².